The van der Waals surface area contributed by atoms with Crippen LogP contribution in [0.4, 0.5) is 0 Å². The minimum absolute atomic E-state index is 0.116. The first-order chi connectivity index (χ1) is 4.18. The van der Waals surface area contributed by atoms with Crippen LogP contribution in [0.3, 0.4) is 0 Å². The lowest BCUT2D eigenvalue weighted by Crippen LogP contribution is -1.94. The molecule has 0 aromatic rings. The summed E-state index contributed by atoms with van der Waals surface area (Å²) in [5.74, 6) is -0.116. The molecule has 0 heteroatoms. The van der Waals surface area contributed by atoms with Crippen LogP contribution in [0.5, 0.6) is 0 Å². The van der Waals surface area contributed by atoms with Gasteiger partial charge in [-0.05, 0) is 5.89 Å². The molecule has 0 N–H and O–H groups in total. The zero-order valence-electron chi connectivity index (χ0n) is 7.33. The van der Waals surface area contributed by atoms with Crippen LogP contribution in [0.1, 0.15) is 47.8 Å². The third kappa shape index (κ3) is 3.06. The fourth-order valence-electron chi connectivity index (χ4n) is 0.957. The third-order valence-corrected chi connectivity index (χ3v) is 1.60. The van der Waals surface area contributed by atoms with E-state index in [1.165, 1.54) is 0 Å². The van der Waals surface area contributed by atoms with E-state index >= 15 is 0 Å². The first-order valence-corrected chi connectivity index (χ1v) is 3.68. The molecule has 0 aromatic heterocycles. The van der Waals surface area contributed by atoms with Crippen molar-refractivity contribution in [1.82, 2.24) is 0 Å². The molecule has 0 spiro atoms. The summed E-state index contributed by atoms with van der Waals surface area (Å²) >= 11 is 0. The summed E-state index contributed by atoms with van der Waals surface area (Å²) in [7, 11) is 0. The molecule has 0 fully saturated rings. The van der Waals surface area contributed by atoms with Crippen molar-refractivity contribution in [2.45, 2.75) is 46.5 Å². The quantitative estimate of drug-likeness (QED) is 0.529. The van der Waals surface area contributed by atoms with Gasteiger partial charge in [-0.3, -0.25) is 0 Å². The molecule has 0 atom stereocenters. The van der Waals surface area contributed by atoms with Gasteiger partial charge in [0.25, 0.3) is 0 Å². The van der Waals surface area contributed by atoms with Crippen LogP contribution < -0.4 is 0 Å². The van der Waals surface area contributed by atoms with Gasteiger partial charge in [0.15, 0.2) is 0 Å². The smallest absolute Gasteiger partial charge is 0.0302 e. The molecule has 0 nitrogen and oxygen atoms in total. The maximum Gasteiger partial charge on any atom is 0.0302 e. The second-order valence-electron chi connectivity index (χ2n) is 2.21. The predicted octanol–water partition coefficient (Wildman–Crippen LogP) is 3.22. The number of rotatable bonds is 4. The van der Waals surface area contributed by atoms with Crippen LogP contribution in [0, 0.1) is 5.89 Å². The maximum atomic E-state index is 7.82. The molecule has 0 unspecified atom stereocenters. The van der Waals surface area contributed by atoms with Crippen LogP contribution in [-0.2, 0) is 0 Å². The highest BCUT2D eigenvalue weighted by Gasteiger charge is 1.98. The van der Waals surface area contributed by atoms with Gasteiger partial charge in [-0.1, -0.05) is 46.5 Å². The highest BCUT2D eigenvalue weighted by Crippen LogP contribution is 2.13. The van der Waals surface area contributed by atoms with Crippen molar-refractivity contribution in [2.24, 2.45) is 5.89 Å². The van der Waals surface area contributed by atoms with Gasteiger partial charge in [-0.25, -0.2) is 0 Å². The Hall–Kier alpha value is 0. The Labute approximate surface area is 54.7 Å². The summed E-state index contributed by atoms with van der Waals surface area (Å²) in [5.41, 5.74) is 0. The fraction of sp³-hybridized carbons (Fsp3) is 1.00. The molecule has 0 saturated heterocycles. The van der Waals surface area contributed by atoms with Crippen LogP contribution in [0.25, 0.3) is 0 Å². The molecular weight excluding hydrogens is 96.1 g/mol. The van der Waals surface area contributed by atoms with Crippen molar-refractivity contribution in [3.8, 4) is 0 Å². The third-order valence-electron chi connectivity index (χ3n) is 1.60. The lowest BCUT2D eigenvalue weighted by atomic mass is 9.98. The average molecular weight is 116 g/mol. The van der Waals surface area contributed by atoms with Crippen molar-refractivity contribution in [3.63, 3.8) is 0 Å². The SMILES string of the molecule is [3H]C(CC)(CC)CCC. The van der Waals surface area contributed by atoms with Crippen molar-refractivity contribution >= 4 is 0 Å². The summed E-state index contributed by atoms with van der Waals surface area (Å²) in [6, 6.07) is 0. The maximum absolute atomic E-state index is 7.82. The molecule has 0 rings (SSSR count). The second kappa shape index (κ2) is 5.14. The van der Waals surface area contributed by atoms with Gasteiger partial charge in [-0.2, -0.15) is 0 Å². The summed E-state index contributed by atoms with van der Waals surface area (Å²) in [5, 5.41) is 0. The Bertz CT molecular complexity index is 65.0. The molecule has 0 bridgehead atoms. The minimum Gasteiger partial charge on any atom is -0.0654 e. The van der Waals surface area contributed by atoms with Gasteiger partial charge >= 0.3 is 0 Å². The Balaban J connectivity index is 3.62. The molecule has 0 radical (unpaired) electrons. The van der Waals surface area contributed by atoms with Crippen molar-refractivity contribution in [2.75, 3.05) is 0 Å². The first kappa shape index (κ1) is 6.12. The Morgan fingerprint density at radius 1 is 1.25 bits per heavy atom. The van der Waals surface area contributed by atoms with E-state index in [1.807, 2.05) is 0 Å². The molecule has 0 aliphatic rings. The molecule has 0 aliphatic carbocycles. The minimum atomic E-state index is -0.116. The van der Waals surface area contributed by atoms with Gasteiger partial charge in [-0.15, -0.1) is 0 Å². The Morgan fingerprint density at radius 2 is 1.75 bits per heavy atom. The number of hydrogen-bond donors (Lipinski definition) is 0. The first-order valence-electron chi connectivity index (χ1n) is 4.18. The monoisotopic (exact) mass is 116 g/mol. The van der Waals surface area contributed by atoms with Crippen LogP contribution in [0.2, 0.25) is 0 Å². The van der Waals surface area contributed by atoms with Crippen LogP contribution in [0.15, 0.2) is 0 Å². The molecule has 0 amide bonds. The zero-order valence-corrected chi connectivity index (χ0v) is 6.33. The average Bonchev–Trinajstić information content (AvgIpc) is 1.89. The molecule has 0 aromatic carbocycles. The largest absolute Gasteiger partial charge is 0.0654 e. The molecule has 0 heterocycles. The molecule has 0 saturated carbocycles. The van der Waals surface area contributed by atoms with E-state index in [0.29, 0.717) is 0 Å². The number of hydrogen-bond acceptors (Lipinski definition) is 0. The molecule has 50 valence electrons. The Kier molecular flexibility index (Phi) is 3.94. The van der Waals surface area contributed by atoms with Crippen molar-refractivity contribution in [1.29, 1.82) is 0 Å². The van der Waals surface area contributed by atoms with E-state index in [2.05, 4.69) is 20.8 Å². The van der Waals surface area contributed by atoms with E-state index in [9.17, 15) is 0 Å². The summed E-state index contributed by atoms with van der Waals surface area (Å²) in [4.78, 5) is 0. The van der Waals surface area contributed by atoms with E-state index < -0.39 is 0 Å². The van der Waals surface area contributed by atoms with Gasteiger partial charge in [0, 0.05) is 1.37 Å². The standard InChI is InChI=1S/C8H18/c1-4-7-8(5-2)6-3/h8H,4-7H2,1-3H3/i8T. The predicted molar refractivity (Wildman–Crippen MR) is 39.0 cm³/mol. The molecule has 8 heavy (non-hydrogen) atoms. The second-order valence-corrected chi connectivity index (χ2v) is 2.21. The highest BCUT2D eigenvalue weighted by molar-refractivity contribution is 4.51. The zero-order chi connectivity index (χ0) is 7.33. The van der Waals surface area contributed by atoms with Gasteiger partial charge in [0.2, 0.25) is 0 Å². The van der Waals surface area contributed by atoms with Crippen molar-refractivity contribution in [3.05, 3.63) is 0 Å². The summed E-state index contributed by atoms with van der Waals surface area (Å²) < 4.78 is 7.82. The van der Waals surface area contributed by atoms with E-state index in [0.717, 1.165) is 25.7 Å². The summed E-state index contributed by atoms with van der Waals surface area (Å²) in [6.45, 7) is 6.35. The van der Waals surface area contributed by atoms with Crippen LogP contribution in [-0.4, -0.2) is 0 Å². The van der Waals surface area contributed by atoms with Gasteiger partial charge < -0.3 is 0 Å². The Morgan fingerprint density at radius 3 is 1.88 bits per heavy atom. The van der Waals surface area contributed by atoms with E-state index in [4.69, 9.17) is 1.37 Å². The molecule has 0 aliphatic heterocycles. The van der Waals surface area contributed by atoms with Crippen LogP contribution >= 0.6 is 0 Å². The fourth-order valence-corrected chi connectivity index (χ4v) is 0.957. The lowest BCUT2D eigenvalue weighted by Gasteiger charge is -2.08. The normalized spacial score (nSPS) is 13.6. The van der Waals surface area contributed by atoms with Gasteiger partial charge in [0.1, 0.15) is 0 Å². The summed E-state index contributed by atoms with van der Waals surface area (Å²) in [6.07, 6.45) is 4.19. The highest BCUT2D eigenvalue weighted by atomic mass is 14.0. The topological polar surface area (TPSA) is 0 Å². The van der Waals surface area contributed by atoms with E-state index in [-0.39, 0.29) is 5.89 Å². The lowest BCUT2D eigenvalue weighted by molar-refractivity contribution is 0.451. The van der Waals surface area contributed by atoms with E-state index in [1.54, 1.807) is 0 Å². The van der Waals surface area contributed by atoms with Gasteiger partial charge in [0.05, 0.1) is 0 Å². The van der Waals surface area contributed by atoms with Crippen molar-refractivity contribution < 1.29 is 1.37 Å². The molecular formula is C8H18.